The number of Topliss-reactive ketones (excluding diaryl/α,β-unsaturated/α-hetero) is 1. The Hall–Kier alpha value is -2.25. The second-order valence-electron chi connectivity index (χ2n) is 4.61. The first-order chi connectivity index (χ1) is 9.92. The van der Waals surface area contributed by atoms with E-state index in [1.54, 1.807) is 25.1 Å². The monoisotopic (exact) mass is 305 g/mol. The van der Waals surface area contributed by atoms with Gasteiger partial charge in [-0.2, -0.15) is 5.26 Å². The van der Waals surface area contributed by atoms with Crippen LogP contribution in [0.25, 0.3) is 0 Å². The normalized spacial score (nSPS) is 11.8. The number of hydrogen-bond donors (Lipinski definition) is 0. The lowest BCUT2D eigenvalue weighted by atomic mass is 9.91. The summed E-state index contributed by atoms with van der Waals surface area (Å²) in [6, 6.07) is 9.18. The Kier molecular flexibility index (Phi) is 4.35. The quantitative estimate of drug-likeness (QED) is 0.788. The van der Waals surface area contributed by atoms with E-state index in [9.17, 15) is 18.8 Å². The molecular formula is C16H10ClF2NO. The third-order valence-electron chi connectivity index (χ3n) is 2.99. The molecule has 0 spiro atoms. The summed E-state index contributed by atoms with van der Waals surface area (Å²) in [6.07, 6.45) is 0. The molecule has 0 aliphatic rings. The lowest BCUT2D eigenvalue weighted by Crippen LogP contribution is -2.13. The first-order valence-corrected chi connectivity index (χ1v) is 6.46. The van der Waals surface area contributed by atoms with Gasteiger partial charge in [-0.3, -0.25) is 4.79 Å². The van der Waals surface area contributed by atoms with Crippen molar-refractivity contribution >= 4 is 17.4 Å². The Morgan fingerprint density at radius 2 is 1.95 bits per heavy atom. The standard InChI is InChI=1S/C16H10ClF2NO/c1-9-4-10(6-11(17)5-9)16(21)14(8-20)13-3-2-12(18)7-15(13)19/h2-7,14H,1H3. The zero-order chi connectivity index (χ0) is 15.6. The molecule has 0 aliphatic heterocycles. The molecule has 21 heavy (non-hydrogen) atoms. The zero-order valence-corrected chi connectivity index (χ0v) is 11.8. The molecule has 0 bridgehead atoms. The predicted octanol–water partition coefficient (Wildman–Crippen LogP) is 4.42. The lowest BCUT2D eigenvalue weighted by molar-refractivity contribution is 0.0977. The molecule has 0 amide bonds. The summed E-state index contributed by atoms with van der Waals surface area (Å²) in [5.74, 6) is -3.61. The van der Waals surface area contributed by atoms with E-state index >= 15 is 0 Å². The van der Waals surface area contributed by atoms with Gasteiger partial charge in [0.05, 0.1) is 6.07 Å². The maximum absolute atomic E-state index is 13.8. The van der Waals surface area contributed by atoms with Crippen LogP contribution in [0.15, 0.2) is 36.4 Å². The third kappa shape index (κ3) is 3.26. The van der Waals surface area contributed by atoms with Gasteiger partial charge >= 0.3 is 0 Å². The molecule has 0 aromatic heterocycles. The van der Waals surface area contributed by atoms with Crippen molar-refractivity contribution in [2.75, 3.05) is 0 Å². The van der Waals surface area contributed by atoms with Gasteiger partial charge in [-0.05, 0) is 36.8 Å². The molecule has 0 saturated carbocycles. The Labute approximate surface area is 125 Å². The van der Waals surface area contributed by atoms with Gasteiger partial charge in [-0.15, -0.1) is 0 Å². The van der Waals surface area contributed by atoms with Crippen molar-refractivity contribution in [3.05, 3.63) is 69.7 Å². The van der Waals surface area contributed by atoms with E-state index in [1.807, 2.05) is 0 Å². The van der Waals surface area contributed by atoms with Crippen molar-refractivity contribution in [2.45, 2.75) is 12.8 Å². The molecular weight excluding hydrogens is 296 g/mol. The van der Waals surface area contributed by atoms with Gasteiger partial charge in [0.2, 0.25) is 0 Å². The fraction of sp³-hybridized carbons (Fsp3) is 0.125. The van der Waals surface area contributed by atoms with Gasteiger partial charge in [-0.25, -0.2) is 8.78 Å². The van der Waals surface area contributed by atoms with Gasteiger partial charge in [0.15, 0.2) is 5.78 Å². The average molecular weight is 306 g/mol. The van der Waals surface area contributed by atoms with Gasteiger partial charge in [0.25, 0.3) is 0 Å². The fourth-order valence-corrected chi connectivity index (χ4v) is 2.34. The minimum absolute atomic E-state index is 0.151. The zero-order valence-electron chi connectivity index (χ0n) is 11.0. The van der Waals surface area contributed by atoms with Gasteiger partial charge < -0.3 is 0 Å². The average Bonchev–Trinajstić information content (AvgIpc) is 2.40. The highest BCUT2D eigenvalue weighted by molar-refractivity contribution is 6.31. The van der Waals surface area contributed by atoms with E-state index in [2.05, 4.69) is 0 Å². The number of carbonyl (C=O) groups excluding carboxylic acids is 1. The smallest absolute Gasteiger partial charge is 0.184 e. The molecule has 2 aromatic carbocycles. The maximum atomic E-state index is 13.8. The van der Waals surface area contributed by atoms with Crippen LogP contribution in [-0.2, 0) is 0 Å². The number of hydrogen-bond acceptors (Lipinski definition) is 2. The van der Waals surface area contributed by atoms with Crippen molar-refractivity contribution < 1.29 is 13.6 Å². The molecule has 0 aliphatic carbocycles. The van der Waals surface area contributed by atoms with Gasteiger partial charge in [-0.1, -0.05) is 17.7 Å². The Morgan fingerprint density at radius 1 is 1.24 bits per heavy atom. The Bertz CT molecular complexity index is 732. The SMILES string of the molecule is Cc1cc(Cl)cc(C(=O)C(C#N)c2ccc(F)cc2F)c1. The van der Waals surface area contributed by atoms with Crippen LogP contribution in [0, 0.1) is 29.9 Å². The van der Waals surface area contributed by atoms with Crippen LogP contribution in [0.1, 0.15) is 27.4 Å². The van der Waals surface area contributed by atoms with Crippen LogP contribution in [-0.4, -0.2) is 5.78 Å². The fourth-order valence-electron chi connectivity index (χ4n) is 2.05. The van der Waals surface area contributed by atoms with Crippen molar-refractivity contribution in [1.82, 2.24) is 0 Å². The molecule has 2 nitrogen and oxygen atoms in total. The number of rotatable bonds is 3. The molecule has 0 N–H and O–H groups in total. The highest BCUT2D eigenvalue weighted by Gasteiger charge is 2.25. The molecule has 1 unspecified atom stereocenters. The second-order valence-corrected chi connectivity index (χ2v) is 5.05. The summed E-state index contributed by atoms with van der Waals surface area (Å²) in [7, 11) is 0. The molecule has 2 rings (SSSR count). The summed E-state index contributed by atoms with van der Waals surface area (Å²) in [5.41, 5.74) is 0.818. The van der Waals surface area contributed by atoms with Crippen molar-refractivity contribution in [1.29, 1.82) is 5.26 Å². The van der Waals surface area contributed by atoms with Crippen molar-refractivity contribution in [2.24, 2.45) is 0 Å². The van der Waals surface area contributed by atoms with E-state index in [0.717, 1.165) is 17.7 Å². The van der Waals surface area contributed by atoms with E-state index in [4.69, 9.17) is 11.6 Å². The molecule has 106 valence electrons. The van der Waals surface area contributed by atoms with Crippen LogP contribution in [0.4, 0.5) is 8.78 Å². The minimum Gasteiger partial charge on any atom is -0.292 e. The summed E-state index contributed by atoms with van der Waals surface area (Å²) in [4.78, 5) is 12.4. The molecule has 0 saturated heterocycles. The summed E-state index contributed by atoms with van der Waals surface area (Å²) < 4.78 is 26.7. The lowest BCUT2D eigenvalue weighted by Gasteiger charge is -2.11. The molecule has 1 atom stereocenters. The highest BCUT2D eigenvalue weighted by Crippen LogP contribution is 2.25. The number of carbonyl (C=O) groups is 1. The van der Waals surface area contributed by atoms with Crippen LogP contribution in [0.2, 0.25) is 5.02 Å². The first kappa shape index (κ1) is 15.1. The maximum Gasteiger partial charge on any atom is 0.184 e. The van der Waals surface area contributed by atoms with Crippen molar-refractivity contribution in [3.63, 3.8) is 0 Å². The summed E-state index contributed by atoms with van der Waals surface area (Å²) in [5, 5.41) is 9.54. The Morgan fingerprint density at radius 3 is 2.52 bits per heavy atom. The number of aryl methyl sites for hydroxylation is 1. The van der Waals surface area contributed by atoms with Crippen LogP contribution >= 0.6 is 11.6 Å². The Balaban J connectivity index is 2.46. The van der Waals surface area contributed by atoms with Crippen LogP contribution in [0.5, 0.6) is 0 Å². The number of ketones is 1. The number of nitriles is 1. The van der Waals surface area contributed by atoms with Crippen LogP contribution in [0.3, 0.4) is 0 Å². The first-order valence-electron chi connectivity index (χ1n) is 6.08. The molecule has 0 fully saturated rings. The molecule has 5 heteroatoms. The van der Waals surface area contributed by atoms with E-state index < -0.39 is 23.3 Å². The minimum atomic E-state index is -1.34. The molecule has 0 radical (unpaired) electrons. The van der Waals surface area contributed by atoms with E-state index in [0.29, 0.717) is 11.1 Å². The molecule has 0 heterocycles. The number of benzene rings is 2. The van der Waals surface area contributed by atoms with Crippen LogP contribution < -0.4 is 0 Å². The highest BCUT2D eigenvalue weighted by atomic mass is 35.5. The molecule has 2 aromatic rings. The topological polar surface area (TPSA) is 40.9 Å². The van der Waals surface area contributed by atoms with Gasteiger partial charge in [0, 0.05) is 22.2 Å². The van der Waals surface area contributed by atoms with Crippen molar-refractivity contribution in [3.8, 4) is 6.07 Å². The summed E-state index contributed by atoms with van der Waals surface area (Å²) >= 11 is 5.88. The van der Waals surface area contributed by atoms with Gasteiger partial charge in [0.1, 0.15) is 17.6 Å². The largest absolute Gasteiger partial charge is 0.292 e. The number of halogens is 3. The number of nitrogens with zero attached hydrogens (tertiary/aromatic N) is 1. The summed E-state index contributed by atoms with van der Waals surface area (Å²) in [6.45, 7) is 1.75. The second kappa shape index (κ2) is 6.02. The third-order valence-corrected chi connectivity index (χ3v) is 3.21. The predicted molar refractivity (Wildman–Crippen MR) is 75.2 cm³/mol. The van der Waals surface area contributed by atoms with E-state index in [1.165, 1.54) is 6.07 Å². The van der Waals surface area contributed by atoms with E-state index in [-0.39, 0.29) is 11.1 Å².